The van der Waals surface area contributed by atoms with Gasteiger partial charge in [0.1, 0.15) is 11.9 Å². The van der Waals surface area contributed by atoms with Crippen LogP contribution in [0, 0.1) is 18.7 Å². The fourth-order valence-corrected chi connectivity index (χ4v) is 7.75. The Morgan fingerprint density at radius 1 is 1.21 bits per heavy atom. The second-order valence-electron chi connectivity index (χ2n) is 11.4. The number of thiocarbonyl (C=S) groups is 1. The summed E-state index contributed by atoms with van der Waals surface area (Å²) in [5.41, 5.74) is 2.07. The van der Waals surface area contributed by atoms with Crippen molar-refractivity contribution in [3.05, 3.63) is 63.0 Å². The Balaban J connectivity index is 1.28. The standard InChI is InChI=1S/C30H35FN6O4S2/c1-3-41-29(40)24-23(33-26(27-32-9-12-43-27)34-25(24)21-5-4-6-22(31)17(21)2)16-35-10-11-36-20(14-35)15-37(30(36)42)19-8-7-18(13-19)28(38)39/h4-6,9,12,18-20,25H,3,7-8,10-11,13-16H2,1-2H3,(H,33,34)(H,38,39). The number of thiazole rings is 1. The first-order valence-electron chi connectivity index (χ1n) is 14.7. The molecule has 2 N–H and O–H groups in total. The van der Waals surface area contributed by atoms with Gasteiger partial charge in [0, 0.05) is 56.0 Å². The zero-order chi connectivity index (χ0) is 30.2. The van der Waals surface area contributed by atoms with Crippen LogP contribution < -0.4 is 5.32 Å². The average Bonchev–Trinajstić information content (AvgIpc) is 3.75. The molecule has 1 saturated carbocycles. The van der Waals surface area contributed by atoms with Crippen LogP contribution in [0.3, 0.4) is 0 Å². The molecule has 1 aliphatic carbocycles. The summed E-state index contributed by atoms with van der Waals surface area (Å²) < 4.78 is 20.3. The zero-order valence-electron chi connectivity index (χ0n) is 24.2. The van der Waals surface area contributed by atoms with Crippen LogP contribution in [-0.4, -0.2) is 99.1 Å². The summed E-state index contributed by atoms with van der Waals surface area (Å²) in [6.45, 7) is 7.03. The Hall–Kier alpha value is -3.42. The second-order valence-corrected chi connectivity index (χ2v) is 12.7. The van der Waals surface area contributed by atoms with Crippen LogP contribution in [-0.2, 0) is 14.3 Å². The Labute approximate surface area is 259 Å². The van der Waals surface area contributed by atoms with Gasteiger partial charge in [0.2, 0.25) is 0 Å². The Morgan fingerprint density at radius 2 is 2.05 bits per heavy atom. The van der Waals surface area contributed by atoms with E-state index in [4.69, 9.17) is 21.9 Å². The molecular formula is C30H35FN6O4S2. The van der Waals surface area contributed by atoms with Crippen LogP contribution >= 0.6 is 23.6 Å². The van der Waals surface area contributed by atoms with Gasteiger partial charge in [0.15, 0.2) is 16.0 Å². The predicted octanol–water partition coefficient (Wildman–Crippen LogP) is 3.34. The van der Waals surface area contributed by atoms with Crippen LogP contribution in [0.25, 0.3) is 0 Å². The molecule has 2 aromatic rings. The summed E-state index contributed by atoms with van der Waals surface area (Å²) in [4.78, 5) is 41.2. The lowest BCUT2D eigenvalue weighted by molar-refractivity contribution is -0.141. The Morgan fingerprint density at radius 3 is 2.77 bits per heavy atom. The van der Waals surface area contributed by atoms with Crippen LogP contribution in [0.4, 0.5) is 4.39 Å². The van der Waals surface area contributed by atoms with Crippen LogP contribution in [0.15, 0.2) is 46.0 Å². The molecular weight excluding hydrogens is 592 g/mol. The maximum Gasteiger partial charge on any atom is 0.338 e. The van der Waals surface area contributed by atoms with Gasteiger partial charge >= 0.3 is 11.9 Å². The number of piperazine rings is 1. The first-order chi connectivity index (χ1) is 20.7. The van der Waals surface area contributed by atoms with Gasteiger partial charge < -0.3 is 25.0 Å². The summed E-state index contributed by atoms with van der Waals surface area (Å²) >= 11 is 7.30. The third-order valence-corrected chi connectivity index (χ3v) is 10.2. The molecule has 10 nitrogen and oxygen atoms in total. The Kier molecular flexibility index (Phi) is 8.47. The number of hydrogen-bond donors (Lipinski definition) is 2. The van der Waals surface area contributed by atoms with Crippen molar-refractivity contribution in [3.63, 3.8) is 0 Å². The van der Waals surface area contributed by atoms with E-state index in [1.165, 1.54) is 17.4 Å². The molecule has 43 heavy (non-hydrogen) atoms. The summed E-state index contributed by atoms with van der Waals surface area (Å²) in [5.74, 6) is -1.35. The van der Waals surface area contributed by atoms with E-state index in [9.17, 15) is 19.1 Å². The summed E-state index contributed by atoms with van der Waals surface area (Å²) in [6.07, 6.45) is 3.84. The number of ether oxygens (including phenoxy) is 1. The third-order valence-electron chi connectivity index (χ3n) is 8.90. The minimum Gasteiger partial charge on any atom is -0.481 e. The molecule has 13 heteroatoms. The van der Waals surface area contributed by atoms with Gasteiger partial charge in [-0.05, 0) is 62.5 Å². The van der Waals surface area contributed by atoms with Crippen molar-refractivity contribution in [1.29, 1.82) is 0 Å². The van der Waals surface area contributed by atoms with Crippen molar-refractivity contribution >= 4 is 46.4 Å². The molecule has 4 unspecified atom stereocenters. The minimum atomic E-state index is -0.759. The number of amidine groups is 1. The lowest BCUT2D eigenvalue weighted by Crippen LogP contribution is -2.53. The van der Waals surface area contributed by atoms with E-state index < -0.39 is 18.0 Å². The highest BCUT2D eigenvalue weighted by Crippen LogP contribution is 2.37. The Bertz CT molecular complexity index is 1480. The highest BCUT2D eigenvalue weighted by atomic mass is 32.1. The number of nitrogens with one attached hydrogen (secondary N) is 1. The molecule has 1 aromatic carbocycles. The summed E-state index contributed by atoms with van der Waals surface area (Å²) in [7, 11) is 0. The average molecular weight is 627 g/mol. The lowest BCUT2D eigenvalue weighted by Gasteiger charge is -2.39. The van der Waals surface area contributed by atoms with E-state index in [2.05, 4.69) is 25.0 Å². The number of hydrogen-bond acceptors (Lipinski definition) is 9. The van der Waals surface area contributed by atoms with E-state index >= 15 is 0 Å². The maximum absolute atomic E-state index is 14.7. The van der Waals surface area contributed by atoms with Gasteiger partial charge in [-0.25, -0.2) is 14.2 Å². The third kappa shape index (κ3) is 5.77. The SMILES string of the molecule is CCOC(=O)C1=C(CN2CCN3C(=S)N(C4CCC(C(=O)O)C4)CC3C2)NC(c2nccs2)=NC1c1cccc(F)c1C. The molecule has 4 heterocycles. The van der Waals surface area contributed by atoms with Gasteiger partial charge in [-0.2, -0.15) is 0 Å². The number of carbonyl (C=O) groups excluding carboxylic acids is 1. The van der Waals surface area contributed by atoms with Crippen molar-refractivity contribution < 1.29 is 23.8 Å². The molecule has 3 fully saturated rings. The molecule has 1 aromatic heterocycles. The largest absolute Gasteiger partial charge is 0.481 e. The normalized spacial score (nSPS) is 25.9. The molecule has 4 atom stereocenters. The molecule has 6 rings (SSSR count). The summed E-state index contributed by atoms with van der Waals surface area (Å²) in [5, 5.41) is 16.2. The van der Waals surface area contributed by atoms with Crippen LogP contribution in [0.2, 0.25) is 0 Å². The zero-order valence-corrected chi connectivity index (χ0v) is 25.8. The van der Waals surface area contributed by atoms with Crippen molar-refractivity contribution in [2.75, 3.05) is 39.3 Å². The molecule has 2 saturated heterocycles. The van der Waals surface area contributed by atoms with Crippen molar-refractivity contribution in [3.8, 4) is 0 Å². The van der Waals surface area contributed by atoms with E-state index in [0.717, 1.165) is 37.7 Å². The lowest BCUT2D eigenvalue weighted by atomic mass is 9.92. The van der Waals surface area contributed by atoms with Crippen LogP contribution in [0.5, 0.6) is 0 Å². The number of benzene rings is 1. The van der Waals surface area contributed by atoms with Crippen LogP contribution in [0.1, 0.15) is 48.4 Å². The predicted molar refractivity (Wildman–Crippen MR) is 164 cm³/mol. The highest BCUT2D eigenvalue weighted by Gasteiger charge is 2.44. The first-order valence-corrected chi connectivity index (χ1v) is 16.0. The number of aromatic nitrogens is 1. The topological polar surface area (TPSA) is 111 Å². The van der Waals surface area contributed by atoms with E-state index in [0.29, 0.717) is 52.6 Å². The minimum absolute atomic E-state index is 0.151. The first kappa shape index (κ1) is 29.6. The quantitative estimate of drug-likeness (QED) is 0.335. The number of esters is 1. The number of aliphatic imine (C=N–C) groups is 1. The number of nitrogens with zero attached hydrogens (tertiary/aromatic N) is 5. The number of carboxylic acids is 1. The van der Waals surface area contributed by atoms with Gasteiger partial charge in [-0.1, -0.05) is 12.1 Å². The smallest absolute Gasteiger partial charge is 0.338 e. The van der Waals surface area contributed by atoms with E-state index in [1.54, 1.807) is 32.2 Å². The monoisotopic (exact) mass is 626 g/mol. The van der Waals surface area contributed by atoms with Gasteiger partial charge in [0.25, 0.3) is 0 Å². The molecule has 3 aliphatic heterocycles. The van der Waals surface area contributed by atoms with Crippen molar-refractivity contribution in [2.45, 2.75) is 51.2 Å². The maximum atomic E-state index is 14.7. The molecule has 0 radical (unpaired) electrons. The van der Waals surface area contributed by atoms with Gasteiger partial charge in [-0.15, -0.1) is 11.3 Å². The number of fused-ring (bicyclic) bond motifs is 1. The fourth-order valence-electron chi connectivity index (χ4n) is 6.70. The number of carbonyl (C=O) groups is 2. The molecule has 228 valence electrons. The number of halogens is 1. The summed E-state index contributed by atoms with van der Waals surface area (Å²) in [6, 6.07) is 4.40. The van der Waals surface area contributed by atoms with Crippen molar-refractivity contribution in [1.82, 2.24) is 25.0 Å². The van der Waals surface area contributed by atoms with Gasteiger partial charge in [0.05, 0.1) is 24.1 Å². The molecule has 4 aliphatic rings. The van der Waals surface area contributed by atoms with Gasteiger partial charge in [-0.3, -0.25) is 14.7 Å². The number of carboxylic acid groups (broad SMARTS) is 1. The molecule has 0 spiro atoms. The second kappa shape index (κ2) is 12.3. The van der Waals surface area contributed by atoms with E-state index in [-0.39, 0.29) is 30.4 Å². The molecule has 0 amide bonds. The number of aliphatic carboxylic acids is 1. The van der Waals surface area contributed by atoms with Crippen molar-refractivity contribution in [2.24, 2.45) is 10.9 Å². The van der Waals surface area contributed by atoms with E-state index in [1.807, 2.05) is 5.38 Å². The fraction of sp³-hybridized carbons (Fsp3) is 0.500. The highest BCUT2D eigenvalue weighted by molar-refractivity contribution is 7.80. The molecule has 0 bridgehead atoms. The number of rotatable bonds is 8.